The first-order chi connectivity index (χ1) is 8.69. The second-order valence-electron chi connectivity index (χ2n) is 4.93. The summed E-state index contributed by atoms with van der Waals surface area (Å²) >= 11 is 0. The molecule has 1 atom stereocenters. The normalized spacial score (nSPS) is 24.0. The summed E-state index contributed by atoms with van der Waals surface area (Å²) in [5.41, 5.74) is 1.64. The number of allylic oxidation sites excluding steroid dienone is 2. The van der Waals surface area contributed by atoms with E-state index < -0.39 is 5.92 Å². The first-order valence-electron chi connectivity index (χ1n) is 6.65. The number of ketones is 1. The molecule has 18 heavy (non-hydrogen) atoms. The summed E-state index contributed by atoms with van der Waals surface area (Å²) in [6.07, 6.45) is 4.42. The monoisotopic (exact) mass is 246 g/mol. The molecule has 0 radical (unpaired) electrons. The van der Waals surface area contributed by atoms with Crippen LogP contribution in [-0.2, 0) is 9.59 Å². The average Bonchev–Trinajstić information content (AvgIpc) is 2.38. The molecule has 1 amide bonds. The van der Waals surface area contributed by atoms with E-state index in [0.29, 0.717) is 19.4 Å². The van der Waals surface area contributed by atoms with Crippen LogP contribution in [0.4, 0.5) is 0 Å². The zero-order chi connectivity index (χ0) is 13.1. The third kappa shape index (κ3) is 2.17. The highest BCUT2D eigenvalue weighted by Gasteiger charge is 2.37. The standard InChI is InChI=1S/C14H18N2O2/c1-2-3-7-16-12-5-4-6-13(17)11(12)8-10(9-15)14(16)18/h10H,2-8H2,1H3. The molecule has 1 heterocycles. The number of hydrogen-bond acceptors (Lipinski definition) is 3. The summed E-state index contributed by atoms with van der Waals surface area (Å²) in [7, 11) is 0. The maximum absolute atomic E-state index is 12.2. The maximum atomic E-state index is 12.2. The predicted molar refractivity (Wildman–Crippen MR) is 66.2 cm³/mol. The molecule has 0 spiro atoms. The molecule has 0 bridgehead atoms. The molecule has 0 aromatic heterocycles. The zero-order valence-corrected chi connectivity index (χ0v) is 10.7. The third-order valence-corrected chi connectivity index (χ3v) is 3.69. The number of hydrogen-bond donors (Lipinski definition) is 0. The summed E-state index contributed by atoms with van der Waals surface area (Å²) in [6, 6.07) is 2.04. The molecule has 2 aliphatic rings. The van der Waals surface area contributed by atoms with Crippen LogP contribution in [0, 0.1) is 17.2 Å². The highest BCUT2D eigenvalue weighted by molar-refractivity contribution is 6.00. The molecule has 1 aliphatic carbocycles. The van der Waals surface area contributed by atoms with Crippen LogP contribution in [0.1, 0.15) is 45.4 Å². The van der Waals surface area contributed by atoms with Crippen molar-refractivity contribution in [2.45, 2.75) is 45.4 Å². The van der Waals surface area contributed by atoms with E-state index in [-0.39, 0.29) is 11.7 Å². The molecular formula is C14H18N2O2. The van der Waals surface area contributed by atoms with Gasteiger partial charge < -0.3 is 4.90 Å². The molecule has 0 aromatic rings. The van der Waals surface area contributed by atoms with E-state index in [1.165, 1.54) is 0 Å². The molecule has 1 aliphatic heterocycles. The smallest absolute Gasteiger partial charge is 0.244 e. The topological polar surface area (TPSA) is 61.2 Å². The number of carbonyl (C=O) groups excluding carboxylic acids is 2. The van der Waals surface area contributed by atoms with E-state index in [4.69, 9.17) is 5.26 Å². The number of nitrogens with zero attached hydrogens (tertiary/aromatic N) is 2. The molecule has 0 N–H and O–H groups in total. The van der Waals surface area contributed by atoms with Gasteiger partial charge in [-0.25, -0.2) is 0 Å². The highest BCUT2D eigenvalue weighted by atomic mass is 16.2. The summed E-state index contributed by atoms with van der Waals surface area (Å²) in [5.74, 6) is -0.646. The Morgan fingerprint density at radius 1 is 1.39 bits per heavy atom. The molecule has 0 saturated heterocycles. The summed E-state index contributed by atoms with van der Waals surface area (Å²) in [6.45, 7) is 2.71. The Bertz CT molecular complexity index is 445. The van der Waals surface area contributed by atoms with Gasteiger partial charge in [-0.15, -0.1) is 0 Å². The van der Waals surface area contributed by atoms with Crippen molar-refractivity contribution >= 4 is 11.7 Å². The Morgan fingerprint density at radius 2 is 2.17 bits per heavy atom. The van der Waals surface area contributed by atoms with E-state index in [9.17, 15) is 9.59 Å². The molecule has 96 valence electrons. The number of nitriles is 1. The molecule has 0 saturated carbocycles. The number of amides is 1. The lowest BCUT2D eigenvalue weighted by molar-refractivity contribution is -0.133. The fourth-order valence-electron chi connectivity index (χ4n) is 2.68. The van der Waals surface area contributed by atoms with Crippen LogP contribution in [0.3, 0.4) is 0 Å². The van der Waals surface area contributed by atoms with E-state index >= 15 is 0 Å². The second kappa shape index (κ2) is 5.34. The van der Waals surface area contributed by atoms with Gasteiger partial charge in [-0.3, -0.25) is 9.59 Å². The van der Waals surface area contributed by atoms with E-state index in [0.717, 1.165) is 37.0 Å². The number of unbranched alkanes of at least 4 members (excludes halogenated alkanes) is 1. The number of Topliss-reactive ketones (excluding diaryl/α,β-unsaturated/α-hetero) is 1. The zero-order valence-electron chi connectivity index (χ0n) is 10.7. The molecule has 2 rings (SSSR count). The van der Waals surface area contributed by atoms with Crippen molar-refractivity contribution in [2.24, 2.45) is 5.92 Å². The lowest BCUT2D eigenvalue weighted by Gasteiger charge is -2.36. The average molecular weight is 246 g/mol. The van der Waals surface area contributed by atoms with Gasteiger partial charge in [-0.2, -0.15) is 5.26 Å². The molecule has 1 unspecified atom stereocenters. The van der Waals surface area contributed by atoms with Crippen LogP contribution in [-0.4, -0.2) is 23.1 Å². The van der Waals surface area contributed by atoms with Crippen LogP contribution >= 0.6 is 0 Å². The van der Waals surface area contributed by atoms with Crippen LogP contribution in [0.15, 0.2) is 11.3 Å². The van der Waals surface area contributed by atoms with Crippen molar-refractivity contribution in [3.63, 3.8) is 0 Å². The fourth-order valence-corrected chi connectivity index (χ4v) is 2.68. The number of carbonyl (C=O) groups is 2. The van der Waals surface area contributed by atoms with Crippen molar-refractivity contribution < 1.29 is 9.59 Å². The van der Waals surface area contributed by atoms with Gasteiger partial charge in [0.1, 0.15) is 5.92 Å². The Kier molecular flexibility index (Phi) is 3.81. The van der Waals surface area contributed by atoms with Crippen LogP contribution in [0.25, 0.3) is 0 Å². The van der Waals surface area contributed by atoms with Gasteiger partial charge in [-0.05, 0) is 19.3 Å². The summed E-state index contributed by atoms with van der Waals surface area (Å²) in [4.78, 5) is 25.8. The largest absolute Gasteiger partial charge is 0.315 e. The van der Waals surface area contributed by atoms with Crippen LogP contribution < -0.4 is 0 Å². The Morgan fingerprint density at radius 3 is 2.83 bits per heavy atom. The van der Waals surface area contributed by atoms with Gasteiger partial charge in [-0.1, -0.05) is 13.3 Å². The SMILES string of the molecule is CCCCN1C(=O)C(C#N)CC2=C1CCCC2=O. The number of rotatable bonds is 3. The van der Waals surface area contributed by atoms with Gasteiger partial charge in [0.25, 0.3) is 0 Å². The van der Waals surface area contributed by atoms with E-state index in [1.807, 2.05) is 6.07 Å². The quantitative estimate of drug-likeness (QED) is 0.766. The van der Waals surface area contributed by atoms with Crippen molar-refractivity contribution in [1.82, 2.24) is 4.90 Å². The van der Waals surface area contributed by atoms with Gasteiger partial charge in [0.15, 0.2) is 5.78 Å². The van der Waals surface area contributed by atoms with Crippen molar-refractivity contribution in [1.29, 1.82) is 5.26 Å². The summed E-state index contributed by atoms with van der Waals surface area (Å²) < 4.78 is 0. The van der Waals surface area contributed by atoms with Crippen LogP contribution in [0.2, 0.25) is 0 Å². The Labute approximate surface area is 107 Å². The van der Waals surface area contributed by atoms with Gasteiger partial charge in [0, 0.05) is 30.7 Å². The first-order valence-corrected chi connectivity index (χ1v) is 6.65. The predicted octanol–water partition coefficient (Wildman–Crippen LogP) is 2.17. The summed E-state index contributed by atoms with van der Waals surface area (Å²) in [5, 5.41) is 9.05. The minimum absolute atomic E-state index is 0.112. The van der Waals surface area contributed by atoms with Gasteiger partial charge in [0.2, 0.25) is 5.91 Å². The maximum Gasteiger partial charge on any atom is 0.244 e. The van der Waals surface area contributed by atoms with Crippen molar-refractivity contribution in [2.75, 3.05) is 6.54 Å². The van der Waals surface area contributed by atoms with Crippen molar-refractivity contribution in [3.8, 4) is 6.07 Å². The third-order valence-electron chi connectivity index (χ3n) is 3.69. The minimum Gasteiger partial charge on any atom is -0.315 e. The molecule has 0 aromatic carbocycles. The first kappa shape index (κ1) is 12.8. The van der Waals surface area contributed by atoms with E-state index in [1.54, 1.807) is 4.90 Å². The fraction of sp³-hybridized carbons (Fsp3) is 0.643. The van der Waals surface area contributed by atoms with E-state index in [2.05, 4.69) is 6.92 Å². The lowest BCUT2D eigenvalue weighted by atomic mass is 9.83. The Hall–Kier alpha value is -1.63. The molecule has 0 fully saturated rings. The Balaban J connectivity index is 2.33. The minimum atomic E-state index is -0.664. The molecule has 4 heteroatoms. The molecule has 4 nitrogen and oxygen atoms in total. The van der Waals surface area contributed by atoms with Crippen molar-refractivity contribution in [3.05, 3.63) is 11.3 Å². The highest BCUT2D eigenvalue weighted by Crippen LogP contribution is 2.35. The lowest BCUT2D eigenvalue weighted by Crippen LogP contribution is -2.42. The second-order valence-corrected chi connectivity index (χ2v) is 4.93. The van der Waals surface area contributed by atoms with Crippen LogP contribution in [0.5, 0.6) is 0 Å². The van der Waals surface area contributed by atoms with Gasteiger partial charge >= 0.3 is 0 Å². The van der Waals surface area contributed by atoms with Gasteiger partial charge in [0.05, 0.1) is 6.07 Å². The molecular weight excluding hydrogens is 228 g/mol.